The van der Waals surface area contributed by atoms with E-state index >= 15 is 0 Å². The van der Waals surface area contributed by atoms with Crippen molar-refractivity contribution < 1.29 is 8.94 Å². The van der Waals surface area contributed by atoms with Gasteiger partial charge >= 0.3 is 6.01 Å². The standard InChI is InChI=1S/C17H22N6O2.ClH/c1-17(2,3)12-7-5-11(6-8-12)15-20-13(25-23-15)10-19-16-22-21-14(24-16)9-18-4;/h5-8,18H,9-10H2,1-4H3,(H,19,22);1H. The number of hydrogen-bond donors (Lipinski definition) is 2. The normalized spacial score (nSPS) is 11.2. The molecular weight excluding hydrogens is 356 g/mol. The van der Waals surface area contributed by atoms with E-state index in [0.717, 1.165) is 5.56 Å². The van der Waals surface area contributed by atoms with Crippen LogP contribution in [0.4, 0.5) is 6.01 Å². The molecule has 0 aliphatic heterocycles. The van der Waals surface area contributed by atoms with Crippen LogP contribution in [0.3, 0.4) is 0 Å². The number of hydrogen-bond acceptors (Lipinski definition) is 8. The lowest BCUT2D eigenvalue weighted by molar-refractivity contribution is 0.382. The second-order valence-corrected chi connectivity index (χ2v) is 6.72. The number of halogens is 1. The van der Waals surface area contributed by atoms with Gasteiger partial charge in [-0.05, 0) is 18.0 Å². The van der Waals surface area contributed by atoms with E-state index in [4.69, 9.17) is 8.94 Å². The van der Waals surface area contributed by atoms with Crippen molar-refractivity contribution in [3.05, 3.63) is 41.6 Å². The lowest BCUT2D eigenvalue weighted by Gasteiger charge is -2.18. The average Bonchev–Trinajstić information content (AvgIpc) is 3.22. The zero-order valence-corrected chi connectivity index (χ0v) is 16.1. The molecule has 3 rings (SSSR count). The summed E-state index contributed by atoms with van der Waals surface area (Å²) in [6.07, 6.45) is 0. The van der Waals surface area contributed by atoms with Crippen LogP contribution in [0, 0.1) is 0 Å². The number of rotatable bonds is 6. The number of nitrogens with zero attached hydrogens (tertiary/aromatic N) is 4. The molecular formula is C17H23ClN6O2. The van der Waals surface area contributed by atoms with E-state index in [1.807, 2.05) is 19.2 Å². The first-order chi connectivity index (χ1) is 12.0. The summed E-state index contributed by atoms with van der Waals surface area (Å²) in [4.78, 5) is 4.39. The number of benzene rings is 1. The second-order valence-electron chi connectivity index (χ2n) is 6.72. The summed E-state index contributed by atoms with van der Waals surface area (Å²) >= 11 is 0. The fourth-order valence-corrected chi connectivity index (χ4v) is 2.26. The molecule has 26 heavy (non-hydrogen) atoms. The third-order valence-corrected chi connectivity index (χ3v) is 3.66. The predicted octanol–water partition coefficient (Wildman–Crippen LogP) is 3.17. The molecule has 0 fully saturated rings. The highest BCUT2D eigenvalue weighted by Crippen LogP contribution is 2.25. The highest BCUT2D eigenvalue weighted by atomic mass is 35.5. The van der Waals surface area contributed by atoms with E-state index in [1.54, 1.807) is 0 Å². The summed E-state index contributed by atoms with van der Waals surface area (Å²) in [5.74, 6) is 1.51. The van der Waals surface area contributed by atoms with Gasteiger partial charge in [0.15, 0.2) is 0 Å². The molecule has 8 nitrogen and oxygen atoms in total. The van der Waals surface area contributed by atoms with Crippen molar-refractivity contribution >= 4 is 18.4 Å². The van der Waals surface area contributed by atoms with Gasteiger partial charge in [-0.1, -0.05) is 55.3 Å². The summed E-state index contributed by atoms with van der Waals surface area (Å²) < 4.78 is 10.7. The van der Waals surface area contributed by atoms with Gasteiger partial charge in [-0.25, -0.2) is 0 Å². The van der Waals surface area contributed by atoms with Crippen molar-refractivity contribution in [1.29, 1.82) is 0 Å². The Morgan fingerprint density at radius 2 is 1.73 bits per heavy atom. The van der Waals surface area contributed by atoms with Crippen LogP contribution in [-0.2, 0) is 18.5 Å². The Bertz CT molecular complexity index is 822. The van der Waals surface area contributed by atoms with Crippen molar-refractivity contribution in [2.24, 2.45) is 0 Å². The number of anilines is 1. The largest absolute Gasteiger partial charge is 0.407 e. The Labute approximate surface area is 158 Å². The molecule has 9 heteroatoms. The highest BCUT2D eigenvalue weighted by molar-refractivity contribution is 5.85. The van der Waals surface area contributed by atoms with Gasteiger partial charge in [-0.3, -0.25) is 0 Å². The average molecular weight is 379 g/mol. The van der Waals surface area contributed by atoms with Crippen molar-refractivity contribution in [1.82, 2.24) is 25.7 Å². The first kappa shape index (κ1) is 19.9. The van der Waals surface area contributed by atoms with E-state index in [9.17, 15) is 0 Å². The molecule has 0 saturated carbocycles. The fraction of sp³-hybridized carbons (Fsp3) is 0.412. The van der Waals surface area contributed by atoms with Crippen LogP contribution in [0.25, 0.3) is 11.4 Å². The molecule has 0 atom stereocenters. The SMILES string of the molecule is CNCc1nnc(NCc2nc(-c3ccc(C(C)(C)C)cc3)no2)o1.Cl. The summed E-state index contributed by atoms with van der Waals surface area (Å²) in [5.41, 5.74) is 2.29. The molecule has 0 radical (unpaired) electrons. The van der Waals surface area contributed by atoms with Gasteiger partial charge in [-0.15, -0.1) is 17.5 Å². The van der Waals surface area contributed by atoms with Crippen LogP contribution >= 0.6 is 12.4 Å². The Hall–Kier alpha value is -2.45. The van der Waals surface area contributed by atoms with Gasteiger partial charge in [0.25, 0.3) is 0 Å². The molecule has 0 aliphatic rings. The van der Waals surface area contributed by atoms with Crippen LogP contribution in [0.2, 0.25) is 0 Å². The van der Waals surface area contributed by atoms with Gasteiger partial charge < -0.3 is 19.6 Å². The predicted molar refractivity (Wildman–Crippen MR) is 100 cm³/mol. The lowest BCUT2D eigenvalue weighted by atomic mass is 9.87. The van der Waals surface area contributed by atoms with E-state index in [2.05, 4.69) is 63.9 Å². The van der Waals surface area contributed by atoms with Crippen molar-refractivity contribution in [3.8, 4) is 11.4 Å². The van der Waals surface area contributed by atoms with E-state index < -0.39 is 0 Å². The third kappa shape index (κ3) is 4.80. The number of nitrogens with one attached hydrogen (secondary N) is 2. The molecule has 2 N–H and O–H groups in total. The maximum absolute atomic E-state index is 5.40. The molecule has 0 aliphatic carbocycles. The minimum absolute atomic E-state index is 0. The van der Waals surface area contributed by atoms with Crippen LogP contribution in [0.15, 0.2) is 33.2 Å². The van der Waals surface area contributed by atoms with E-state index in [1.165, 1.54) is 5.56 Å². The third-order valence-electron chi connectivity index (χ3n) is 3.66. The van der Waals surface area contributed by atoms with Crippen LogP contribution in [-0.4, -0.2) is 27.4 Å². The van der Waals surface area contributed by atoms with Gasteiger partial charge in [0.1, 0.15) is 0 Å². The molecule has 0 amide bonds. The molecule has 3 aromatic rings. The molecule has 1 aromatic carbocycles. The zero-order chi connectivity index (χ0) is 17.9. The van der Waals surface area contributed by atoms with Crippen molar-refractivity contribution in [2.75, 3.05) is 12.4 Å². The first-order valence-corrected chi connectivity index (χ1v) is 8.10. The maximum Gasteiger partial charge on any atom is 0.315 e. The Morgan fingerprint density at radius 1 is 1.00 bits per heavy atom. The van der Waals surface area contributed by atoms with Crippen molar-refractivity contribution in [3.63, 3.8) is 0 Å². The molecule has 140 valence electrons. The van der Waals surface area contributed by atoms with E-state index in [-0.39, 0.29) is 17.8 Å². The highest BCUT2D eigenvalue weighted by Gasteiger charge is 2.15. The fourth-order valence-electron chi connectivity index (χ4n) is 2.26. The Kier molecular flexibility index (Phi) is 6.33. The lowest BCUT2D eigenvalue weighted by Crippen LogP contribution is -2.10. The van der Waals surface area contributed by atoms with Crippen LogP contribution in [0.1, 0.15) is 38.1 Å². The molecule has 0 saturated heterocycles. The van der Waals surface area contributed by atoms with E-state index in [0.29, 0.717) is 36.7 Å². The maximum atomic E-state index is 5.40. The van der Waals surface area contributed by atoms with Gasteiger partial charge in [0, 0.05) is 5.56 Å². The molecule has 0 bridgehead atoms. The minimum Gasteiger partial charge on any atom is -0.407 e. The van der Waals surface area contributed by atoms with Crippen LogP contribution < -0.4 is 10.6 Å². The minimum atomic E-state index is 0. The van der Waals surface area contributed by atoms with Crippen molar-refractivity contribution in [2.45, 2.75) is 39.3 Å². The topological polar surface area (TPSA) is 102 Å². The van der Waals surface area contributed by atoms with Crippen LogP contribution in [0.5, 0.6) is 0 Å². The van der Waals surface area contributed by atoms with Gasteiger partial charge in [0.2, 0.25) is 17.6 Å². The summed E-state index contributed by atoms with van der Waals surface area (Å²) in [6, 6.07) is 8.51. The van der Waals surface area contributed by atoms with Gasteiger partial charge in [-0.2, -0.15) is 4.98 Å². The monoisotopic (exact) mass is 378 g/mol. The first-order valence-electron chi connectivity index (χ1n) is 8.10. The smallest absolute Gasteiger partial charge is 0.315 e. The summed E-state index contributed by atoms with van der Waals surface area (Å²) in [7, 11) is 1.81. The molecule has 0 spiro atoms. The summed E-state index contributed by atoms with van der Waals surface area (Å²) in [6.45, 7) is 7.37. The number of aromatic nitrogens is 4. The quantitative estimate of drug-likeness (QED) is 0.674. The second kappa shape index (κ2) is 8.29. The zero-order valence-electron chi connectivity index (χ0n) is 15.2. The Balaban J connectivity index is 0.00000243. The molecule has 0 unspecified atom stereocenters. The molecule has 2 heterocycles. The Morgan fingerprint density at radius 3 is 2.38 bits per heavy atom. The van der Waals surface area contributed by atoms with Gasteiger partial charge in [0.05, 0.1) is 13.1 Å². The summed E-state index contributed by atoms with van der Waals surface area (Å²) in [5, 5.41) is 17.7. The molecule has 2 aromatic heterocycles.